The maximum Gasteiger partial charge on any atom is 0.269 e. The first-order chi connectivity index (χ1) is 11.1. The summed E-state index contributed by atoms with van der Waals surface area (Å²) < 4.78 is 0. The molecule has 23 heavy (non-hydrogen) atoms. The molecule has 0 radical (unpaired) electrons. The number of hydrazine groups is 1. The first kappa shape index (κ1) is 17.4. The standard InChI is InChI=1S/C17H25N3O3/c18-14(11-12-7-3-1-4-8-12)15(21)17(23)20-19-16(22)13-9-5-2-6-10-13/h2,5-6,9-10,12,14-15,21H,1,3-4,7-8,11,18H2,(H,19,22)(H,20,23). The van der Waals surface area contributed by atoms with E-state index in [1.807, 2.05) is 0 Å². The van der Waals surface area contributed by atoms with Crippen LogP contribution in [0.15, 0.2) is 30.3 Å². The van der Waals surface area contributed by atoms with Crippen LogP contribution in [0.4, 0.5) is 0 Å². The molecule has 1 aliphatic carbocycles. The number of aliphatic hydroxyl groups is 1. The molecule has 0 aliphatic heterocycles. The predicted octanol–water partition coefficient (Wildman–Crippen LogP) is 1.11. The molecule has 1 fully saturated rings. The van der Waals surface area contributed by atoms with E-state index in [9.17, 15) is 14.7 Å². The van der Waals surface area contributed by atoms with Gasteiger partial charge in [-0.25, -0.2) is 0 Å². The zero-order valence-corrected chi connectivity index (χ0v) is 13.2. The molecule has 2 rings (SSSR count). The van der Waals surface area contributed by atoms with Crippen molar-refractivity contribution in [2.24, 2.45) is 11.7 Å². The van der Waals surface area contributed by atoms with E-state index < -0.39 is 24.0 Å². The number of carbonyl (C=O) groups is 2. The molecular weight excluding hydrogens is 294 g/mol. The van der Waals surface area contributed by atoms with Crippen LogP contribution >= 0.6 is 0 Å². The summed E-state index contributed by atoms with van der Waals surface area (Å²) in [4.78, 5) is 23.7. The van der Waals surface area contributed by atoms with Crippen molar-refractivity contribution < 1.29 is 14.7 Å². The Morgan fingerprint density at radius 3 is 2.43 bits per heavy atom. The summed E-state index contributed by atoms with van der Waals surface area (Å²) in [5, 5.41) is 10.0. The average Bonchev–Trinajstić information content (AvgIpc) is 2.60. The van der Waals surface area contributed by atoms with Crippen LogP contribution < -0.4 is 16.6 Å². The van der Waals surface area contributed by atoms with Gasteiger partial charge in [0, 0.05) is 11.6 Å². The Morgan fingerprint density at radius 2 is 1.78 bits per heavy atom. The highest BCUT2D eigenvalue weighted by atomic mass is 16.3. The third kappa shape index (κ3) is 5.33. The SMILES string of the molecule is NC(CC1CCCCC1)C(O)C(=O)NNC(=O)c1ccccc1. The summed E-state index contributed by atoms with van der Waals surface area (Å²) in [6, 6.07) is 7.90. The minimum Gasteiger partial charge on any atom is -0.382 e. The highest BCUT2D eigenvalue weighted by Crippen LogP contribution is 2.27. The number of aliphatic hydroxyl groups excluding tert-OH is 1. The molecule has 0 bridgehead atoms. The lowest BCUT2D eigenvalue weighted by atomic mass is 9.84. The van der Waals surface area contributed by atoms with Gasteiger partial charge in [0.05, 0.1) is 0 Å². The van der Waals surface area contributed by atoms with Crippen molar-refractivity contribution in [2.75, 3.05) is 0 Å². The molecule has 0 heterocycles. The van der Waals surface area contributed by atoms with Gasteiger partial charge in [0.2, 0.25) is 0 Å². The average molecular weight is 319 g/mol. The number of amides is 2. The van der Waals surface area contributed by atoms with Gasteiger partial charge in [0.25, 0.3) is 11.8 Å². The third-order valence-electron chi connectivity index (χ3n) is 4.34. The maximum absolute atomic E-state index is 11.9. The van der Waals surface area contributed by atoms with E-state index in [-0.39, 0.29) is 0 Å². The minimum absolute atomic E-state index is 0.425. The number of benzene rings is 1. The smallest absolute Gasteiger partial charge is 0.269 e. The van der Waals surface area contributed by atoms with Crippen molar-refractivity contribution in [3.8, 4) is 0 Å². The molecule has 6 nitrogen and oxygen atoms in total. The number of nitrogens with one attached hydrogen (secondary N) is 2. The Balaban J connectivity index is 1.76. The second-order valence-electron chi connectivity index (χ2n) is 6.16. The van der Waals surface area contributed by atoms with Crippen LogP contribution in [0.3, 0.4) is 0 Å². The number of hydrogen-bond donors (Lipinski definition) is 4. The highest BCUT2D eigenvalue weighted by molar-refractivity contribution is 5.95. The number of rotatable bonds is 5. The molecule has 2 amide bonds. The molecule has 1 aromatic rings. The molecule has 1 aliphatic rings. The lowest BCUT2D eigenvalue weighted by Crippen LogP contribution is -2.52. The quantitative estimate of drug-likeness (QED) is 0.610. The molecule has 5 N–H and O–H groups in total. The van der Waals surface area contributed by atoms with Gasteiger partial charge in [0.15, 0.2) is 0 Å². The van der Waals surface area contributed by atoms with Crippen molar-refractivity contribution in [3.05, 3.63) is 35.9 Å². The van der Waals surface area contributed by atoms with Gasteiger partial charge in [0.1, 0.15) is 6.10 Å². The Bertz CT molecular complexity index is 515. The summed E-state index contributed by atoms with van der Waals surface area (Å²) in [5.74, 6) is -0.648. The van der Waals surface area contributed by atoms with Crippen molar-refractivity contribution >= 4 is 11.8 Å². The summed E-state index contributed by atoms with van der Waals surface area (Å²) in [6.45, 7) is 0. The van der Waals surface area contributed by atoms with Crippen LogP contribution in [0.2, 0.25) is 0 Å². The molecule has 0 spiro atoms. The molecule has 126 valence electrons. The van der Waals surface area contributed by atoms with Crippen LogP contribution in [0.5, 0.6) is 0 Å². The summed E-state index contributed by atoms with van der Waals surface area (Å²) in [6.07, 6.45) is 5.13. The van der Waals surface area contributed by atoms with Crippen LogP contribution in [0.25, 0.3) is 0 Å². The highest BCUT2D eigenvalue weighted by Gasteiger charge is 2.26. The predicted molar refractivity (Wildman–Crippen MR) is 87.2 cm³/mol. The first-order valence-electron chi connectivity index (χ1n) is 8.17. The second-order valence-corrected chi connectivity index (χ2v) is 6.16. The van der Waals surface area contributed by atoms with Crippen molar-refractivity contribution in [3.63, 3.8) is 0 Å². The normalized spacial score (nSPS) is 18.0. The Kier molecular flexibility index (Phi) is 6.55. The maximum atomic E-state index is 11.9. The van der Waals surface area contributed by atoms with E-state index in [0.29, 0.717) is 17.9 Å². The Hall–Kier alpha value is -1.92. The zero-order chi connectivity index (χ0) is 16.7. The molecule has 6 heteroatoms. The number of nitrogens with two attached hydrogens (primary N) is 1. The van der Waals surface area contributed by atoms with E-state index in [0.717, 1.165) is 12.8 Å². The fourth-order valence-corrected chi connectivity index (χ4v) is 2.99. The fourth-order valence-electron chi connectivity index (χ4n) is 2.99. The van der Waals surface area contributed by atoms with E-state index in [1.165, 1.54) is 19.3 Å². The second kappa shape index (κ2) is 8.64. The lowest BCUT2D eigenvalue weighted by Gasteiger charge is -2.26. The van der Waals surface area contributed by atoms with Gasteiger partial charge < -0.3 is 10.8 Å². The Labute approximate surface area is 136 Å². The van der Waals surface area contributed by atoms with E-state index >= 15 is 0 Å². The van der Waals surface area contributed by atoms with Crippen molar-refractivity contribution in [2.45, 2.75) is 50.7 Å². The van der Waals surface area contributed by atoms with E-state index in [1.54, 1.807) is 30.3 Å². The molecule has 1 saturated carbocycles. The summed E-state index contributed by atoms with van der Waals surface area (Å²) in [7, 11) is 0. The van der Waals surface area contributed by atoms with Gasteiger partial charge in [-0.1, -0.05) is 50.3 Å². The van der Waals surface area contributed by atoms with Crippen LogP contribution in [0, 0.1) is 5.92 Å². The van der Waals surface area contributed by atoms with E-state index in [2.05, 4.69) is 10.9 Å². The fraction of sp³-hybridized carbons (Fsp3) is 0.529. The molecule has 2 atom stereocenters. The minimum atomic E-state index is -1.33. The molecule has 0 aromatic heterocycles. The molecule has 1 aromatic carbocycles. The van der Waals surface area contributed by atoms with Crippen LogP contribution in [-0.4, -0.2) is 29.1 Å². The first-order valence-corrected chi connectivity index (χ1v) is 8.17. The van der Waals surface area contributed by atoms with Crippen LogP contribution in [-0.2, 0) is 4.79 Å². The number of hydrogen-bond acceptors (Lipinski definition) is 4. The third-order valence-corrected chi connectivity index (χ3v) is 4.34. The monoisotopic (exact) mass is 319 g/mol. The van der Waals surface area contributed by atoms with Gasteiger partial charge in [-0.3, -0.25) is 20.4 Å². The van der Waals surface area contributed by atoms with Gasteiger partial charge in [-0.2, -0.15) is 0 Å². The van der Waals surface area contributed by atoms with Crippen LogP contribution in [0.1, 0.15) is 48.9 Å². The van der Waals surface area contributed by atoms with Gasteiger partial charge in [-0.15, -0.1) is 0 Å². The topological polar surface area (TPSA) is 104 Å². The molecule has 2 unspecified atom stereocenters. The van der Waals surface area contributed by atoms with E-state index in [4.69, 9.17) is 5.73 Å². The Morgan fingerprint density at radius 1 is 1.13 bits per heavy atom. The van der Waals surface area contributed by atoms with Gasteiger partial charge in [-0.05, 0) is 24.5 Å². The summed E-state index contributed by atoms with van der Waals surface area (Å²) >= 11 is 0. The van der Waals surface area contributed by atoms with Crippen molar-refractivity contribution in [1.82, 2.24) is 10.9 Å². The summed E-state index contributed by atoms with van der Waals surface area (Å²) in [5.41, 5.74) is 10.9. The molecule has 0 saturated heterocycles. The number of carbonyl (C=O) groups excluding carboxylic acids is 2. The largest absolute Gasteiger partial charge is 0.382 e. The molecular formula is C17H25N3O3. The lowest BCUT2D eigenvalue weighted by molar-refractivity contribution is -0.131. The van der Waals surface area contributed by atoms with Crippen molar-refractivity contribution in [1.29, 1.82) is 0 Å². The van der Waals surface area contributed by atoms with Gasteiger partial charge >= 0.3 is 0 Å². The zero-order valence-electron chi connectivity index (χ0n) is 13.2.